The van der Waals surface area contributed by atoms with E-state index in [1.54, 1.807) is 30.8 Å². The maximum absolute atomic E-state index is 11.3. The summed E-state index contributed by atoms with van der Waals surface area (Å²) in [6.07, 6.45) is 0.527. The molecule has 4 nitrogen and oxygen atoms in total. The van der Waals surface area contributed by atoms with Crippen molar-refractivity contribution in [1.82, 2.24) is 10.2 Å². The molecule has 1 unspecified atom stereocenters. The molecule has 0 aromatic heterocycles. The third-order valence-electron chi connectivity index (χ3n) is 2.54. The lowest BCUT2D eigenvalue weighted by Gasteiger charge is -2.13. The Balaban J connectivity index is 2.18. The Kier molecular flexibility index (Phi) is 5.12. The summed E-state index contributed by atoms with van der Waals surface area (Å²) in [7, 11) is 3.55. The van der Waals surface area contributed by atoms with Gasteiger partial charge in [0, 0.05) is 32.3 Å². The molecule has 1 rings (SSSR count). The summed E-state index contributed by atoms with van der Waals surface area (Å²) in [4.78, 5) is 17.4. The summed E-state index contributed by atoms with van der Waals surface area (Å²) in [5.41, 5.74) is 0. The molecule has 0 aliphatic carbocycles. The lowest BCUT2D eigenvalue weighted by Crippen LogP contribution is -2.28. The Hall–Kier alpha value is -0.710. The van der Waals surface area contributed by atoms with Crippen molar-refractivity contribution in [2.75, 3.05) is 27.2 Å². The molecule has 0 aromatic rings. The van der Waals surface area contributed by atoms with Crippen molar-refractivity contribution < 1.29 is 4.79 Å². The highest BCUT2D eigenvalue weighted by Gasteiger charge is 2.22. The van der Waals surface area contributed by atoms with Crippen LogP contribution in [0.4, 0.5) is 0 Å². The van der Waals surface area contributed by atoms with Gasteiger partial charge in [-0.15, -0.1) is 0 Å². The average molecular weight is 243 g/mol. The van der Waals surface area contributed by atoms with Gasteiger partial charge in [-0.3, -0.25) is 9.79 Å². The second-order valence-electron chi connectivity index (χ2n) is 4.51. The zero-order valence-electron chi connectivity index (χ0n) is 10.5. The molecule has 1 aliphatic heterocycles. The van der Waals surface area contributed by atoms with E-state index in [0.717, 1.165) is 11.7 Å². The van der Waals surface area contributed by atoms with Crippen LogP contribution < -0.4 is 5.32 Å². The van der Waals surface area contributed by atoms with Gasteiger partial charge < -0.3 is 10.2 Å². The van der Waals surface area contributed by atoms with Crippen molar-refractivity contribution in [3.63, 3.8) is 0 Å². The van der Waals surface area contributed by atoms with Gasteiger partial charge in [0.25, 0.3) is 0 Å². The fourth-order valence-corrected chi connectivity index (χ4v) is 2.38. The molecule has 1 aliphatic rings. The Labute approximate surface area is 102 Å². The minimum Gasteiger partial charge on any atom is -0.364 e. The molecular formula is C11H21N3OS. The number of amidine groups is 1. The van der Waals surface area contributed by atoms with E-state index in [1.165, 1.54) is 0 Å². The van der Waals surface area contributed by atoms with Crippen LogP contribution in [0.1, 0.15) is 20.3 Å². The molecule has 0 spiro atoms. The second-order valence-corrected chi connectivity index (χ2v) is 5.74. The zero-order valence-corrected chi connectivity index (χ0v) is 11.3. The molecule has 0 saturated heterocycles. The molecule has 0 bridgehead atoms. The predicted octanol–water partition coefficient (Wildman–Crippen LogP) is 1.18. The quantitative estimate of drug-likeness (QED) is 0.806. The Bertz CT molecular complexity index is 276. The third-order valence-corrected chi connectivity index (χ3v) is 4.03. The number of thioether (sulfide) groups is 1. The monoisotopic (exact) mass is 243 g/mol. The number of carbonyl (C=O) groups is 1. The highest BCUT2D eigenvalue weighted by molar-refractivity contribution is 8.14. The van der Waals surface area contributed by atoms with E-state index >= 15 is 0 Å². The van der Waals surface area contributed by atoms with Crippen molar-refractivity contribution in [2.24, 2.45) is 10.9 Å². The van der Waals surface area contributed by atoms with Gasteiger partial charge in [0.05, 0.1) is 6.54 Å². The van der Waals surface area contributed by atoms with Gasteiger partial charge in [-0.2, -0.15) is 0 Å². The largest absolute Gasteiger partial charge is 0.364 e. The number of nitrogens with one attached hydrogen (secondary N) is 1. The molecule has 1 N–H and O–H groups in total. The van der Waals surface area contributed by atoms with E-state index in [1.807, 2.05) is 0 Å². The van der Waals surface area contributed by atoms with Gasteiger partial charge in [-0.25, -0.2) is 0 Å². The van der Waals surface area contributed by atoms with E-state index in [-0.39, 0.29) is 5.91 Å². The first-order chi connectivity index (χ1) is 7.50. The first kappa shape index (κ1) is 13.4. The molecule has 0 aromatic carbocycles. The molecule has 16 heavy (non-hydrogen) atoms. The van der Waals surface area contributed by atoms with Crippen LogP contribution in [0.25, 0.3) is 0 Å². The SMILES string of the molecule is CC(C)C1CN=C(NCCC(=O)N(C)C)S1. The summed E-state index contributed by atoms with van der Waals surface area (Å²) in [5.74, 6) is 0.799. The van der Waals surface area contributed by atoms with Crippen molar-refractivity contribution in [3.05, 3.63) is 0 Å². The number of amides is 1. The van der Waals surface area contributed by atoms with Crippen LogP contribution in [-0.2, 0) is 4.79 Å². The summed E-state index contributed by atoms with van der Waals surface area (Å²) in [5, 5.41) is 4.80. The Morgan fingerprint density at radius 2 is 2.31 bits per heavy atom. The highest BCUT2D eigenvalue weighted by atomic mass is 32.2. The summed E-state index contributed by atoms with van der Waals surface area (Å²) < 4.78 is 0. The van der Waals surface area contributed by atoms with E-state index in [2.05, 4.69) is 24.2 Å². The second kappa shape index (κ2) is 6.13. The van der Waals surface area contributed by atoms with Gasteiger partial charge in [-0.1, -0.05) is 25.6 Å². The minimum absolute atomic E-state index is 0.150. The van der Waals surface area contributed by atoms with Crippen molar-refractivity contribution in [3.8, 4) is 0 Å². The van der Waals surface area contributed by atoms with E-state index < -0.39 is 0 Å². The molecule has 1 heterocycles. The molecule has 5 heteroatoms. The van der Waals surface area contributed by atoms with E-state index in [9.17, 15) is 4.79 Å². The molecular weight excluding hydrogens is 222 g/mol. The van der Waals surface area contributed by atoms with Gasteiger partial charge >= 0.3 is 0 Å². The predicted molar refractivity (Wildman–Crippen MR) is 69.8 cm³/mol. The minimum atomic E-state index is 0.150. The fraction of sp³-hybridized carbons (Fsp3) is 0.818. The number of hydrogen-bond donors (Lipinski definition) is 1. The smallest absolute Gasteiger partial charge is 0.223 e. The molecule has 0 radical (unpaired) electrons. The van der Waals surface area contributed by atoms with Crippen LogP contribution in [0.2, 0.25) is 0 Å². The number of aliphatic imine (C=N–C) groups is 1. The molecule has 0 fully saturated rings. The van der Waals surface area contributed by atoms with Gasteiger partial charge in [0.15, 0.2) is 5.17 Å². The van der Waals surface area contributed by atoms with Crippen molar-refractivity contribution in [2.45, 2.75) is 25.5 Å². The number of rotatable bonds is 4. The van der Waals surface area contributed by atoms with Crippen LogP contribution in [0.3, 0.4) is 0 Å². The lowest BCUT2D eigenvalue weighted by molar-refractivity contribution is -0.128. The number of carbonyl (C=O) groups excluding carboxylic acids is 1. The zero-order chi connectivity index (χ0) is 12.1. The Morgan fingerprint density at radius 1 is 1.62 bits per heavy atom. The van der Waals surface area contributed by atoms with Gasteiger partial charge in [0.1, 0.15) is 0 Å². The Morgan fingerprint density at radius 3 is 2.81 bits per heavy atom. The van der Waals surface area contributed by atoms with Crippen LogP contribution in [0.15, 0.2) is 4.99 Å². The number of nitrogens with zero attached hydrogens (tertiary/aromatic N) is 2. The van der Waals surface area contributed by atoms with Gasteiger partial charge in [-0.05, 0) is 5.92 Å². The summed E-state index contributed by atoms with van der Waals surface area (Å²) >= 11 is 1.79. The van der Waals surface area contributed by atoms with Crippen LogP contribution in [0, 0.1) is 5.92 Å². The van der Waals surface area contributed by atoms with Crippen molar-refractivity contribution >= 4 is 22.8 Å². The normalized spacial score (nSPS) is 19.8. The first-order valence-electron chi connectivity index (χ1n) is 5.66. The average Bonchev–Trinajstić information content (AvgIpc) is 2.66. The molecule has 0 saturated carbocycles. The molecule has 92 valence electrons. The number of hydrogen-bond acceptors (Lipinski definition) is 4. The topological polar surface area (TPSA) is 44.7 Å². The van der Waals surface area contributed by atoms with Crippen LogP contribution in [0.5, 0.6) is 0 Å². The maximum atomic E-state index is 11.3. The van der Waals surface area contributed by atoms with E-state index in [4.69, 9.17) is 0 Å². The van der Waals surface area contributed by atoms with Crippen LogP contribution in [-0.4, -0.2) is 48.4 Å². The molecule has 1 atom stereocenters. The fourth-order valence-electron chi connectivity index (χ4n) is 1.34. The van der Waals surface area contributed by atoms with Crippen LogP contribution >= 0.6 is 11.8 Å². The molecule has 1 amide bonds. The van der Waals surface area contributed by atoms with Gasteiger partial charge in [0.2, 0.25) is 5.91 Å². The highest BCUT2D eigenvalue weighted by Crippen LogP contribution is 2.25. The lowest BCUT2D eigenvalue weighted by atomic mass is 10.1. The van der Waals surface area contributed by atoms with E-state index in [0.29, 0.717) is 24.1 Å². The van der Waals surface area contributed by atoms with Crippen molar-refractivity contribution in [1.29, 1.82) is 0 Å². The maximum Gasteiger partial charge on any atom is 0.223 e. The first-order valence-corrected chi connectivity index (χ1v) is 6.53. The standard InChI is InChI=1S/C11H21N3OS/c1-8(2)9-7-13-11(16-9)12-6-5-10(15)14(3)4/h8-9H,5-7H2,1-4H3,(H,12,13). The summed E-state index contributed by atoms with van der Waals surface area (Å²) in [6.45, 7) is 6.00. The summed E-state index contributed by atoms with van der Waals surface area (Å²) in [6, 6.07) is 0. The third kappa shape index (κ3) is 4.04.